The second-order valence-electron chi connectivity index (χ2n) is 6.45. The Kier molecular flexibility index (Phi) is 3.78. The van der Waals surface area contributed by atoms with Crippen LogP contribution < -0.4 is 0 Å². The van der Waals surface area contributed by atoms with Crippen LogP contribution in [0.4, 0.5) is 0 Å². The Morgan fingerprint density at radius 2 is 2.10 bits per heavy atom. The van der Waals surface area contributed by atoms with E-state index in [4.69, 9.17) is 0 Å². The van der Waals surface area contributed by atoms with Crippen molar-refractivity contribution in [2.45, 2.75) is 45.6 Å². The number of aliphatic carboxylic acids is 1. The highest BCUT2D eigenvalue weighted by Crippen LogP contribution is 2.34. The maximum absolute atomic E-state index is 12.7. The van der Waals surface area contributed by atoms with E-state index >= 15 is 0 Å². The SMILES string of the molecule is CC1CCc2sc(C(=O)N3CCC(C)C3C(=O)O)cc2C1. The molecule has 1 fully saturated rings. The lowest BCUT2D eigenvalue weighted by Crippen LogP contribution is -2.42. The first-order valence-corrected chi connectivity index (χ1v) is 8.44. The van der Waals surface area contributed by atoms with E-state index in [-0.39, 0.29) is 11.8 Å². The molecule has 1 amide bonds. The third-order valence-corrected chi connectivity index (χ3v) is 5.98. The van der Waals surface area contributed by atoms with E-state index in [2.05, 4.69) is 6.92 Å². The molecular weight excluding hydrogens is 286 g/mol. The van der Waals surface area contributed by atoms with Gasteiger partial charge in [-0.3, -0.25) is 4.79 Å². The van der Waals surface area contributed by atoms with Gasteiger partial charge in [0.2, 0.25) is 0 Å². The largest absolute Gasteiger partial charge is 0.480 e. The number of nitrogens with zero attached hydrogens (tertiary/aromatic N) is 1. The van der Waals surface area contributed by atoms with Gasteiger partial charge in [-0.15, -0.1) is 11.3 Å². The summed E-state index contributed by atoms with van der Waals surface area (Å²) in [5.41, 5.74) is 1.29. The fourth-order valence-electron chi connectivity index (χ4n) is 3.50. The summed E-state index contributed by atoms with van der Waals surface area (Å²) in [6.07, 6.45) is 4.04. The molecule has 4 nitrogen and oxygen atoms in total. The lowest BCUT2D eigenvalue weighted by Gasteiger charge is -2.22. The molecular formula is C16H21NO3S. The number of likely N-dealkylation sites (tertiary alicyclic amines) is 1. The number of hydrogen-bond donors (Lipinski definition) is 1. The van der Waals surface area contributed by atoms with Gasteiger partial charge in [0.25, 0.3) is 5.91 Å². The third-order valence-electron chi connectivity index (χ3n) is 4.75. The molecule has 1 aliphatic carbocycles. The molecule has 0 aromatic carbocycles. The number of carbonyl (C=O) groups is 2. The first-order valence-electron chi connectivity index (χ1n) is 7.62. The molecule has 3 atom stereocenters. The van der Waals surface area contributed by atoms with Crippen LogP contribution >= 0.6 is 11.3 Å². The van der Waals surface area contributed by atoms with E-state index in [1.165, 1.54) is 16.9 Å². The molecule has 3 unspecified atom stereocenters. The topological polar surface area (TPSA) is 57.6 Å². The molecule has 0 radical (unpaired) electrons. The molecule has 0 spiro atoms. The van der Waals surface area contributed by atoms with Gasteiger partial charge in [-0.2, -0.15) is 0 Å². The molecule has 1 aromatic heterocycles. The van der Waals surface area contributed by atoms with Gasteiger partial charge in [-0.25, -0.2) is 4.79 Å². The van der Waals surface area contributed by atoms with Gasteiger partial charge in [-0.1, -0.05) is 13.8 Å². The Morgan fingerprint density at radius 1 is 1.33 bits per heavy atom. The number of aryl methyl sites for hydroxylation is 1. The van der Waals surface area contributed by atoms with E-state index in [0.717, 1.165) is 24.1 Å². The molecule has 21 heavy (non-hydrogen) atoms. The number of carboxylic acids is 1. The average Bonchev–Trinajstić information content (AvgIpc) is 3.00. The van der Waals surface area contributed by atoms with Gasteiger partial charge in [-0.05, 0) is 49.1 Å². The van der Waals surface area contributed by atoms with E-state index in [1.807, 2.05) is 13.0 Å². The standard InChI is InChI=1S/C16H21NO3S/c1-9-3-4-12-11(7-9)8-13(21-12)15(18)17-6-5-10(2)14(17)16(19)20/h8-10,14H,3-7H2,1-2H3,(H,19,20). The minimum Gasteiger partial charge on any atom is -0.480 e. The first kappa shape index (κ1) is 14.6. The minimum absolute atomic E-state index is 0.0288. The van der Waals surface area contributed by atoms with Crippen LogP contribution in [0, 0.1) is 11.8 Å². The van der Waals surface area contributed by atoms with Crippen molar-refractivity contribution in [1.29, 1.82) is 0 Å². The predicted molar refractivity (Wildman–Crippen MR) is 81.7 cm³/mol. The van der Waals surface area contributed by atoms with Crippen molar-refractivity contribution in [2.24, 2.45) is 11.8 Å². The molecule has 0 bridgehead atoms. The molecule has 5 heteroatoms. The van der Waals surface area contributed by atoms with Crippen LogP contribution in [0.3, 0.4) is 0 Å². The minimum atomic E-state index is -0.886. The zero-order chi connectivity index (χ0) is 15.1. The second kappa shape index (κ2) is 5.44. The molecule has 114 valence electrons. The lowest BCUT2D eigenvalue weighted by atomic mass is 9.90. The van der Waals surface area contributed by atoms with Gasteiger partial charge >= 0.3 is 5.97 Å². The summed E-state index contributed by atoms with van der Waals surface area (Å²) >= 11 is 1.56. The number of carboxylic acid groups (broad SMARTS) is 1. The zero-order valence-corrected chi connectivity index (χ0v) is 13.3. The quantitative estimate of drug-likeness (QED) is 0.914. The van der Waals surface area contributed by atoms with Crippen LogP contribution in [0.5, 0.6) is 0 Å². The number of rotatable bonds is 2. The molecule has 0 saturated carbocycles. The Hall–Kier alpha value is -1.36. The molecule has 2 aliphatic rings. The van der Waals surface area contributed by atoms with E-state index in [9.17, 15) is 14.7 Å². The number of carbonyl (C=O) groups excluding carboxylic acids is 1. The highest BCUT2D eigenvalue weighted by atomic mass is 32.1. The van der Waals surface area contributed by atoms with E-state index < -0.39 is 12.0 Å². The summed E-state index contributed by atoms with van der Waals surface area (Å²) in [5, 5.41) is 9.36. The van der Waals surface area contributed by atoms with Gasteiger partial charge in [0, 0.05) is 11.4 Å². The summed E-state index contributed by atoms with van der Waals surface area (Å²) in [4.78, 5) is 27.7. The number of thiophene rings is 1. The highest BCUT2D eigenvalue weighted by molar-refractivity contribution is 7.14. The third kappa shape index (κ3) is 2.59. The van der Waals surface area contributed by atoms with Crippen molar-refractivity contribution >= 4 is 23.2 Å². The normalized spacial score (nSPS) is 28.5. The summed E-state index contributed by atoms with van der Waals surface area (Å²) in [7, 11) is 0. The van der Waals surface area contributed by atoms with Crippen molar-refractivity contribution < 1.29 is 14.7 Å². The van der Waals surface area contributed by atoms with Gasteiger partial charge < -0.3 is 10.0 Å². The van der Waals surface area contributed by atoms with Crippen molar-refractivity contribution in [3.63, 3.8) is 0 Å². The average molecular weight is 307 g/mol. The Balaban J connectivity index is 1.84. The maximum Gasteiger partial charge on any atom is 0.326 e. The monoisotopic (exact) mass is 307 g/mol. The summed E-state index contributed by atoms with van der Waals surface area (Å²) in [6, 6.07) is 1.33. The van der Waals surface area contributed by atoms with Gasteiger partial charge in [0.15, 0.2) is 0 Å². The maximum atomic E-state index is 12.7. The van der Waals surface area contributed by atoms with Crippen molar-refractivity contribution in [2.75, 3.05) is 6.54 Å². The number of amides is 1. The lowest BCUT2D eigenvalue weighted by molar-refractivity contribution is -0.142. The van der Waals surface area contributed by atoms with Crippen LogP contribution in [0.2, 0.25) is 0 Å². The van der Waals surface area contributed by atoms with Crippen molar-refractivity contribution in [1.82, 2.24) is 4.90 Å². The fraction of sp³-hybridized carbons (Fsp3) is 0.625. The Bertz CT molecular complexity index is 580. The summed E-state index contributed by atoms with van der Waals surface area (Å²) in [6.45, 7) is 4.70. The number of fused-ring (bicyclic) bond motifs is 1. The molecule has 1 N–H and O–H groups in total. The molecule has 1 aliphatic heterocycles. The Morgan fingerprint density at radius 3 is 2.81 bits per heavy atom. The predicted octanol–water partition coefficient (Wildman–Crippen LogP) is 2.81. The van der Waals surface area contributed by atoms with Crippen LogP contribution in [0.15, 0.2) is 6.07 Å². The van der Waals surface area contributed by atoms with Crippen LogP contribution in [0.1, 0.15) is 46.8 Å². The van der Waals surface area contributed by atoms with Crippen molar-refractivity contribution in [3.05, 3.63) is 21.4 Å². The van der Waals surface area contributed by atoms with Crippen molar-refractivity contribution in [3.8, 4) is 0 Å². The summed E-state index contributed by atoms with van der Waals surface area (Å²) < 4.78 is 0. The smallest absolute Gasteiger partial charge is 0.326 e. The van der Waals surface area contributed by atoms with Crippen LogP contribution in [0.25, 0.3) is 0 Å². The molecule has 1 aromatic rings. The molecule has 2 heterocycles. The highest BCUT2D eigenvalue weighted by Gasteiger charge is 2.40. The fourth-order valence-corrected chi connectivity index (χ4v) is 4.67. The van der Waals surface area contributed by atoms with Crippen LogP contribution in [-0.4, -0.2) is 34.5 Å². The van der Waals surface area contributed by atoms with E-state index in [0.29, 0.717) is 12.5 Å². The first-order chi connectivity index (χ1) is 9.97. The second-order valence-corrected chi connectivity index (χ2v) is 7.59. The zero-order valence-electron chi connectivity index (χ0n) is 12.5. The van der Waals surface area contributed by atoms with Gasteiger partial charge in [0.1, 0.15) is 6.04 Å². The Labute approximate surface area is 128 Å². The number of hydrogen-bond acceptors (Lipinski definition) is 3. The van der Waals surface area contributed by atoms with Crippen LogP contribution in [-0.2, 0) is 17.6 Å². The molecule has 3 rings (SSSR count). The van der Waals surface area contributed by atoms with Gasteiger partial charge in [0.05, 0.1) is 4.88 Å². The van der Waals surface area contributed by atoms with E-state index in [1.54, 1.807) is 16.2 Å². The molecule has 1 saturated heterocycles. The summed E-state index contributed by atoms with van der Waals surface area (Å²) in [5.74, 6) is -0.281.